The topological polar surface area (TPSA) is 81.8 Å². The van der Waals surface area contributed by atoms with Crippen LogP contribution in [0.1, 0.15) is 106 Å². The zero-order valence-electron chi connectivity index (χ0n) is 26.5. The molecule has 2 aliphatic heterocycles. The number of nitrogens with zero attached hydrogens (tertiary/aromatic N) is 1. The van der Waals surface area contributed by atoms with E-state index in [1.54, 1.807) is 6.07 Å². The van der Waals surface area contributed by atoms with Crippen molar-refractivity contribution in [3.05, 3.63) is 64.7 Å². The molecule has 3 rings (SSSR count). The minimum absolute atomic E-state index is 0.260. The normalized spacial score (nSPS) is 14.2. The number of terminal acetylenes is 1. The monoisotopic (exact) mass is 539 g/mol. The predicted molar refractivity (Wildman–Crippen MR) is 174 cm³/mol. The lowest BCUT2D eigenvalue weighted by molar-refractivity contribution is 0.0406. The zero-order valence-corrected chi connectivity index (χ0v) is 26.5. The van der Waals surface area contributed by atoms with Gasteiger partial charge in [0.15, 0.2) is 0 Å². The van der Waals surface area contributed by atoms with Crippen LogP contribution in [0.25, 0.3) is 0 Å². The molecule has 0 amide bonds. The van der Waals surface area contributed by atoms with E-state index in [0.717, 1.165) is 67.0 Å². The Bertz CT molecular complexity index is 989. The first-order valence-corrected chi connectivity index (χ1v) is 14.4. The lowest BCUT2D eigenvalue weighted by Crippen LogP contribution is -2.22. The molecule has 2 heterocycles. The van der Waals surface area contributed by atoms with Gasteiger partial charge >= 0.3 is 0 Å². The fraction of sp³-hybridized carbons (Fsp3) is 0.529. The maximum Gasteiger partial charge on any atom is 0.141 e. The van der Waals surface area contributed by atoms with Crippen molar-refractivity contribution < 1.29 is 10.2 Å². The number of anilines is 2. The van der Waals surface area contributed by atoms with E-state index in [9.17, 15) is 10.2 Å². The summed E-state index contributed by atoms with van der Waals surface area (Å²) in [4.78, 5) is 2.17. The minimum atomic E-state index is -0.399. The summed E-state index contributed by atoms with van der Waals surface area (Å²) < 4.78 is 0. The third-order valence-electron chi connectivity index (χ3n) is 6.43. The van der Waals surface area contributed by atoms with Crippen molar-refractivity contribution in [3.63, 3.8) is 0 Å². The van der Waals surface area contributed by atoms with Gasteiger partial charge in [-0.2, -0.15) is 0 Å². The van der Waals surface area contributed by atoms with Crippen LogP contribution in [-0.2, 0) is 0 Å². The molecule has 0 saturated carbocycles. The van der Waals surface area contributed by atoms with Crippen molar-refractivity contribution in [2.45, 2.75) is 113 Å². The van der Waals surface area contributed by atoms with Crippen LogP contribution in [0, 0.1) is 19.8 Å². The van der Waals surface area contributed by atoms with Crippen molar-refractivity contribution in [1.82, 2.24) is 0 Å². The van der Waals surface area contributed by atoms with Gasteiger partial charge < -0.3 is 26.2 Å². The summed E-state index contributed by atoms with van der Waals surface area (Å²) in [7, 11) is 0. The first-order valence-electron chi connectivity index (χ1n) is 14.4. The molecule has 220 valence electrons. The first kappa shape index (κ1) is 38.0. The van der Waals surface area contributed by atoms with E-state index in [1.165, 1.54) is 17.6 Å². The molecule has 0 saturated heterocycles. The molecule has 0 fully saturated rings. The Morgan fingerprint density at radius 1 is 1.15 bits per heavy atom. The standard InChI is InChI=1S/C16H19N3O.C8H18O.C6H12.C2H6.C2H2/c1-4-5-11-8-19-15-9(2)6-7-12(20)14(15)18-16(19)13(11)10(3)17;1-4-6-8(3,9)7-5-2;1-4-6(3)5-2;2*1-2/h5-7,18,20H,3-4,8,17H2,1-2H3;9H,4-7H2,1-3H3;4H,5H2,1-3H3;1-2H3;1-2H/b11-5-;;6-4+;;. The van der Waals surface area contributed by atoms with Gasteiger partial charge in [0.2, 0.25) is 0 Å². The number of nitrogens with two attached hydrogens (primary N) is 1. The number of phenolic OH excluding ortho intramolecular Hbond substituents is 1. The van der Waals surface area contributed by atoms with E-state index in [2.05, 4.69) is 83.3 Å². The summed E-state index contributed by atoms with van der Waals surface area (Å²) in [6, 6.07) is 3.64. The highest BCUT2D eigenvalue weighted by Crippen LogP contribution is 2.49. The lowest BCUT2D eigenvalue weighted by atomic mass is 9.95. The van der Waals surface area contributed by atoms with Crippen LogP contribution in [0.4, 0.5) is 11.4 Å². The Hall–Kier alpha value is -3.10. The number of aryl methyl sites for hydroxylation is 1. The number of allylic oxidation sites excluding steroid dienone is 4. The maximum absolute atomic E-state index is 10.0. The second-order valence-corrected chi connectivity index (χ2v) is 9.71. The Labute approximate surface area is 240 Å². The first-order chi connectivity index (χ1) is 18.5. The molecule has 39 heavy (non-hydrogen) atoms. The molecule has 0 unspecified atom stereocenters. The Balaban J connectivity index is 0. The van der Waals surface area contributed by atoms with Crippen molar-refractivity contribution >= 4 is 11.4 Å². The number of hydrogen-bond donors (Lipinski definition) is 4. The van der Waals surface area contributed by atoms with Gasteiger partial charge in [-0.25, -0.2) is 0 Å². The van der Waals surface area contributed by atoms with Crippen LogP contribution in [0.3, 0.4) is 0 Å². The molecular formula is C34H57N3O2. The van der Waals surface area contributed by atoms with Gasteiger partial charge in [0.25, 0.3) is 0 Å². The number of aromatic hydroxyl groups is 1. The van der Waals surface area contributed by atoms with Gasteiger partial charge in [0.05, 0.1) is 17.8 Å². The third kappa shape index (κ3) is 11.7. The Morgan fingerprint density at radius 3 is 2.08 bits per heavy atom. The average Bonchev–Trinajstić information content (AvgIpc) is 3.45. The predicted octanol–water partition coefficient (Wildman–Crippen LogP) is 8.94. The molecule has 5 N–H and O–H groups in total. The number of fused-ring (bicyclic) bond motifs is 3. The summed E-state index contributed by atoms with van der Waals surface area (Å²) in [6.45, 7) is 25.3. The molecule has 0 radical (unpaired) electrons. The smallest absolute Gasteiger partial charge is 0.141 e. The largest absolute Gasteiger partial charge is 0.506 e. The summed E-state index contributed by atoms with van der Waals surface area (Å²) in [5, 5.41) is 22.8. The molecule has 0 bridgehead atoms. The van der Waals surface area contributed by atoms with Gasteiger partial charge in [-0.05, 0) is 70.6 Å². The van der Waals surface area contributed by atoms with E-state index in [0.29, 0.717) is 5.70 Å². The summed E-state index contributed by atoms with van der Waals surface area (Å²) >= 11 is 0. The second kappa shape index (κ2) is 19.9. The highest BCUT2D eigenvalue weighted by Gasteiger charge is 2.36. The summed E-state index contributed by atoms with van der Waals surface area (Å²) in [5.41, 5.74) is 12.6. The number of phenols is 1. The fourth-order valence-corrected chi connectivity index (χ4v) is 4.39. The van der Waals surface area contributed by atoms with E-state index in [1.807, 2.05) is 33.8 Å². The quantitative estimate of drug-likeness (QED) is 0.158. The van der Waals surface area contributed by atoms with Crippen LogP contribution in [0.15, 0.2) is 59.1 Å². The van der Waals surface area contributed by atoms with E-state index < -0.39 is 5.60 Å². The number of benzene rings is 1. The van der Waals surface area contributed by atoms with Crippen LogP contribution in [-0.4, -0.2) is 22.4 Å². The Morgan fingerprint density at radius 2 is 1.69 bits per heavy atom. The molecular weight excluding hydrogens is 482 g/mol. The highest BCUT2D eigenvalue weighted by molar-refractivity contribution is 5.91. The molecule has 0 aromatic heterocycles. The van der Waals surface area contributed by atoms with Crippen molar-refractivity contribution in [3.8, 4) is 18.6 Å². The van der Waals surface area contributed by atoms with Gasteiger partial charge in [0, 0.05) is 11.3 Å². The molecule has 5 nitrogen and oxygen atoms in total. The number of aliphatic hydroxyl groups is 1. The maximum atomic E-state index is 10.0. The van der Waals surface area contributed by atoms with E-state index >= 15 is 0 Å². The lowest BCUT2D eigenvalue weighted by Gasteiger charge is -2.21. The fourth-order valence-electron chi connectivity index (χ4n) is 4.39. The van der Waals surface area contributed by atoms with Gasteiger partial charge in [-0.3, -0.25) is 0 Å². The number of hydrogen-bond acceptors (Lipinski definition) is 5. The van der Waals surface area contributed by atoms with Crippen molar-refractivity contribution in [1.29, 1.82) is 0 Å². The third-order valence-corrected chi connectivity index (χ3v) is 6.43. The van der Waals surface area contributed by atoms with Crippen LogP contribution >= 0.6 is 0 Å². The molecule has 0 aliphatic carbocycles. The van der Waals surface area contributed by atoms with Crippen molar-refractivity contribution in [2.24, 2.45) is 5.73 Å². The SMILES string of the molecule is C#C.C/C=C(\C)CC.C=C(N)C1=C2Nc3c(O)ccc(C)c3N2C/C1=C/CC.CC.CCCC(C)(O)CCC. The number of nitrogens with one attached hydrogen (secondary N) is 1. The summed E-state index contributed by atoms with van der Waals surface area (Å²) in [6.07, 6.45) is 18.5. The van der Waals surface area contributed by atoms with E-state index in [-0.39, 0.29) is 5.75 Å². The molecule has 0 spiro atoms. The molecule has 5 heteroatoms. The minimum Gasteiger partial charge on any atom is -0.506 e. The van der Waals surface area contributed by atoms with Crippen LogP contribution in [0.5, 0.6) is 5.75 Å². The second-order valence-electron chi connectivity index (χ2n) is 9.71. The van der Waals surface area contributed by atoms with Gasteiger partial charge in [-0.15, -0.1) is 12.8 Å². The molecule has 1 aromatic rings. The molecule has 2 aliphatic rings. The van der Waals surface area contributed by atoms with Gasteiger partial charge in [0.1, 0.15) is 17.3 Å². The molecule has 1 aromatic carbocycles. The van der Waals surface area contributed by atoms with Gasteiger partial charge in [-0.1, -0.05) is 84.8 Å². The number of rotatable bonds is 7. The molecule has 0 atom stereocenters. The van der Waals surface area contributed by atoms with Crippen LogP contribution < -0.4 is 16.0 Å². The zero-order chi connectivity index (χ0) is 30.8. The van der Waals surface area contributed by atoms with E-state index in [4.69, 9.17) is 5.73 Å². The summed E-state index contributed by atoms with van der Waals surface area (Å²) in [5.74, 6) is 1.19. The highest BCUT2D eigenvalue weighted by atomic mass is 16.3. The van der Waals surface area contributed by atoms with Crippen molar-refractivity contribution in [2.75, 3.05) is 16.8 Å². The van der Waals surface area contributed by atoms with Crippen LogP contribution in [0.2, 0.25) is 0 Å². The average molecular weight is 540 g/mol. The Kier molecular flexibility index (Phi) is 19.4.